The molecule has 0 aliphatic heterocycles. The first-order valence-electron chi connectivity index (χ1n) is 6.64. The van der Waals surface area contributed by atoms with Gasteiger partial charge in [-0.2, -0.15) is 0 Å². The van der Waals surface area contributed by atoms with Crippen LogP contribution < -0.4 is 5.73 Å². The molecule has 1 heterocycles. The first-order chi connectivity index (χ1) is 10.2. The first-order valence-corrected chi connectivity index (χ1v) is 6.64. The maximum absolute atomic E-state index is 14.0. The average molecular weight is 282 g/mol. The van der Waals surface area contributed by atoms with Gasteiger partial charge in [-0.05, 0) is 25.1 Å². The van der Waals surface area contributed by atoms with Gasteiger partial charge in [-0.3, -0.25) is 0 Å². The van der Waals surface area contributed by atoms with Gasteiger partial charge in [0, 0.05) is 5.56 Å². The van der Waals surface area contributed by atoms with E-state index in [1.807, 2.05) is 37.3 Å². The minimum absolute atomic E-state index is 0.325. The molecule has 0 saturated heterocycles. The second kappa shape index (κ2) is 5.46. The van der Waals surface area contributed by atoms with Crippen molar-refractivity contribution >= 4 is 0 Å². The SMILES string of the molecule is Cc1ccc(F)c(C(N)c2cnnn2-c2ccccc2)c1. The summed E-state index contributed by atoms with van der Waals surface area (Å²) in [5.74, 6) is -0.325. The van der Waals surface area contributed by atoms with Crippen LogP contribution >= 0.6 is 0 Å². The normalized spacial score (nSPS) is 12.3. The molecule has 0 aliphatic carbocycles. The van der Waals surface area contributed by atoms with Crippen molar-refractivity contribution in [3.05, 3.63) is 77.4 Å². The Bertz CT molecular complexity index is 752. The summed E-state index contributed by atoms with van der Waals surface area (Å²) >= 11 is 0. The molecule has 0 amide bonds. The standard InChI is InChI=1S/C16H15FN4/c1-11-7-8-14(17)13(9-11)16(18)15-10-19-20-21(15)12-5-3-2-4-6-12/h2-10,16H,18H2,1H3. The van der Waals surface area contributed by atoms with Crippen LogP contribution in [0.4, 0.5) is 4.39 Å². The van der Waals surface area contributed by atoms with Crippen molar-refractivity contribution in [2.24, 2.45) is 5.73 Å². The summed E-state index contributed by atoms with van der Waals surface area (Å²) in [6.45, 7) is 1.91. The van der Waals surface area contributed by atoms with E-state index in [4.69, 9.17) is 5.73 Å². The van der Waals surface area contributed by atoms with Crippen LogP contribution in [0.3, 0.4) is 0 Å². The highest BCUT2D eigenvalue weighted by molar-refractivity contribution is 5.36. The van der Waals surface area contributed by atoms with Gasteiger partial charge < -0.3 is 5.73 Å². The van der Waals surface area contributed by atoms with Crippen molar-refractivity contribution in [2.45, 2.75) is 13.0 Å². The second-order valence-corrected chi connectivity index (χ2v) is 4.91. The predicted octanol–water partition coefficient (Wildman–Crippen LogP) is 2.76. The van der Waals surface area contributed by atoms with Crippen molar-refractivity contribution in [1.29, 1.82) is 0 Å². The summed E-state index contributed by atoms with van der Waals surface area (Å²) < 4.78 is 15.6. The fourth-order valence-corrected chi connectivity index (χ4v) is 2.29. The highest BCUT2D eigenvalue weighted by Gasteiger charge is 2.19. The molecular formula is C16H15FN4. The molecule has 3 aromatic rings. The number of nitrogens with zero attached hydrogens (tertiary/aromatic N) is 3. The largest absolute Gasteiger partial charge is 0.319 e. The number of hydrogen-bond acceptors (Lipinski definition) is 3. The molecule has 3 rings (SSSR count). The molecule has 1 unspecified atom stereocenters. The topological polar surface area (TPSA) is 56.7 Å². The van der Waals surface area contributed by atoms with E-state index >= 15 is 0 Å². The van der Waals surface area contributed by atoms with Gasteiger partial charge in [0.25, 0.3) is 0 Å². The van der Waals surface area contributed by atoms with E-state index in [1.54, 1.807) is 23.0 Å². The third-order valence-electron chi connectivity index (χ3n) is 3.38. The number of halogens is 1. The molecule has 0 bridgehead atoms. The van der Waals surface area contributed by atoms with Gasteiger partial charge in [0.15, 0.2) is 0 Å². The molecule has 0 spiro atoms. The number of aryl methyl sites for hydroxylation is 1. The fraction of sp³-hybridized carbons (Fsp3) is 0.125. The van der Waals surface area contributed by atoms with Crippen LogP contribution in [0.25, 0.3) is 5.69 Å². The third-order valence-corrected chi connectivity index (χ3v) is 3.38. The average Bonchev–Trinajstić information content (AvgIpc) is 2.99. The van der Waals surface area contributed by atoms with E-state index in [1.165, 1.54) is 6.07 Å². The zero-order chi connectivity index (χ0) is 14.8. The van der Waals surface area contributed by atoms with Crippen LogP contribution in [-0.4, -0.2) is 15.0 Å². The summed E-state index contributed by atoms with van der Waals surface area (Å²) in [5.41, 5.74) is 9.11. The summed E-state index contributed by atoms with van der Waals surface area (Å²) in [6.07, 6.45) is 1.57. The smallest absolute Gasteiger partial charge is 0.128 e. The van der Waals surface area contributed by atoms with Crippen LogP contribution in [0.2, 0.25) is 0 Å². The second-order valence-electron chi connectivity index (χ2n) is 4.91. The highest BCUT2D eigenvalue weighted by atomic mass is 19.1. The lowest BCUT2D eigenvalue weighted by Crippen LogP contribution is -2.18. The fourth-order valence-electron chi connectivity index (χ4n) is 2.29. The molecule has 5 heteroatoms. The molecule has 0 saturated carbocycles. The molecule has 106 valence electrons. The molecule has 0 fully saturated rings. The van der Waals surface area contributed by atoms with Crippen molar-refractivity contribution in [3.8, 4) is 5.69 Å². The maximum atomic E-state index is 14.0. The molecule has 4 nitrogen and oxygen atoms in total. The van der Waals surface area contributed by atoms with Crippen molar-refractivity contribution in [3.63, 3.8) is 0 Å². The maximum Gasteiger partial charge on any atom is 0.128 e. The number of benzene rings is 2. The van der Waals surface area contributed by atoms with Gasteiger partial charge in [0.1, 0.15) is 5.82 Å². The van der Waals surface area contributed by atoms with Crippen molar-refractivity contribution in [1.82, 2.24) is 15.0 Å². The van der Waals surface area contributed by atoms with Crippen LogP contribution in [-0.2, 0) is 0 Å². The lowest BCUT2D eigenvalue weighted by molar-refractivity contribution is 0.591. The van der Waals surface area contributed by atoms with E-state index in [0.717, 1.165) is 11.3 Å². The van der Waals surface area contributed by atoms with Crippen LogP contribution in [0.1, 0.15) is 22.9 Å². The van der Waals surface area contributed by atoms with E-state index in [9.17, 15) is 4.39 Å². The number of aromatic nitrogens is 3. The predicted molar refractivity (Wildman–Crippen MR) is 78.5 cm³/mol. The molecule has 0 aliphatic rings. The van der Waals surface area contributed by atoms with E-state index < -0.39 is 6.04 Å². The summed E-state index contributed by atoms with van der Waals surface area (Å²) in [6, 6.07) is 13.8. The van der Waals surface area contributed by atoms with Crippen LogP contribution in [0.15, 0.2) is 54.7 Å². The van der Waals surface area contributed by atoms with E-state index in [0.29, 0.717) is 11.3 Å². The summed E-state index contributed by atoms with van der Waals surface area (Å²) in [4.78, 5) is 0. The molecule has 1 atom stereocenters. The van der Waals surface area contributed by atoms with Gasteiger partial charge >= 0.3 is 0 Å². The molecule has 1 aromatic heterocycles. The zero-order valence-corrected chi connectivity index (χ0v) is 11.6. The van der Waals surface area contributed by atoms with Gasteiger partial charge in [0.05, 0.1) is 23.6 Å². The number of nitrogens with two attached hydrogens (primary N) is 1. The molecule has 21 heavy (non-hydrogen) atoms. The number of rotatable bonds is 3. The third kappa shape index (κ3) is 2.55. The zero-order valence-electron chi connectivity index (χ0n) is 11.6. The van der Waals surface area contributed by atoms with E-state index in [-0.39, 0.29) is 5.82 Å². The number of hydrogen-bond donors (Lipinski definition) is 1. The first kappa shape index (κ1) is 13.5. The Labute approximate surface area is 122 Å². The Balaban J connectivity index is 2.06. The Kier molecular flexibility index (Phi) is 3.50. The quantitative estimate of drug-likeness (QED) is 0.803. The molecule has 2 N–H and O–H groups in total. The molecule has 2 aromatic carbocycles. The molecular weight excluding hydrogens is 267 g/mol. The lowest BCUT2D eigenvalue weighted by Gasteiger charge is -2.15. The van der Waals surface area contributed by atoms with Crippen molar-refractivity contribution < 1.29 is 4.39 Å². The van der Waals surface area contributed by atoms with E-state index in [2.05, 4.69) is 10.3 Å². The Morgan fingerprint density at radius 2 is 1.90 bits per heavy atom. The van der Waals surface area contributed by atoms with Crippen molar-refractivity contribution in [2.75, 3.05) is 0 Å². The Morgan fingerprint density at radius 3 is 2.67 bits per heavy atom. The van der Waals surface area contributed by atoms with Gasteiger partial charge in [-0.25, -0.2) is 9.07 Å². The lowest BCUT2D eigenvalue weighted by atomic mass is 10.0. The highest BCUT2D eigenvalue weighted by Crippen LogP contribution is 2.24. The minimum Gasteiger partial charge on any atom is -0.319 e. The summed E-state index contributed by atoms with van der Waals surface area (Å²) in [5, 5.41) is 7.96. The Hall–Kier alpha value is -2.53. The Morgan fingerprint density at radius 1 is 1.14 bits per heavy atom. The van der Waals surface area contributed by atoms with Gasteiger partial charge in [-0.1, -0.05) is 41.1 Å². The van der Waals surface area contributed by atoms with Crippen LogP contribution in [0.5, 0.6) is 0 Å². The van der Waals surface area contributed by atoms with Gasteiger partial charge in [0.2, 0.25) is 0 Å². The van der Waals surface area contributed by atoms with Gasteiger partial charge in [-0.15, -0.1) is 5.10 Å². The number of para-hydroxylation sites is 1. The monoisotopic (exact) mass is 282 g/mol. The minimum atomic E-state index is -0.625. The summed E-state index contributed by atoms with van der Waals surface area (Å²) in [7, 11) is 0. The van der Waals surface area contributed by atoms with Crippen LogP contribution in [0, 0.1) is 12.7 Å². The molecule has 0 radical (unpaired) electrons.